The molecule has 1 aromatic rings. The third kappa shape index (κ3) is 3.82. The Morgan fingerprint density at radius 2 is 2.39 bits per heavy atom. The number of carbonyl (C=O) groups is 1. The van der Waals surface area contributed by atoms with E-state index < -0.39 is 5.97 Å². The van der Waals surface area contributed by atoms with Gasteiger partial charge in [0.05, 0.1) is 18.5 Å². The first-order valence-electron chi connectivity index (χ1n) is 6.06. The summed E-state index contributed by atoms with van der Waals surface area (Å²) in [6.07, 6.45) is 3.43. The number of hydrogen-bond acceptors (Lipinski definition) is 4. The minimum Gasteiger partial charge on any atom is -0.478 e. The van der Waals surface area contributed by atoms with E-state index >= 15 is 0 Å². The van der Waals surface area contributed by atoms with Gasteiger partial charge in [0.15, 0.2) is 0 Å². The third-order valence-electron chi connectivity index (χ3n) is 2.86. The number of rotatable bonds is 8. The van der Waals surface area contributed by atoms with Crippen LogP contribution < -0.4 is 5.32 Å². The van der Waals surface area contributed by atoms with Gasteiger partial charge in [-0.2, -0.15) is 5.10 Å². The van der Waals surface area contributed by atoms with Crippen LogP contribution in [0.15, 0.2) is 6.20 Å². The van der Waals surface area contributed by atoms with Gasteiger partial charge in [-0.25, -0.2) is 4.79 Å². The molecular weight excluding hydrogens is 234 g/mol. The molecule has 0 aliphatic carbocycles. The van der Waals surface area contributed by atoms with E-state index in [1.54, 1.807) is 18.8 Å². The molecule has 0 radical (unpaired) electrons. The molecule has 102 valence electrons. The lowest BCUT2D eigenvalue weighted by Crippen LogP contribution is -2.33. The second kappa shape index (κ2) is 7.13. The Labute approximate surface area is 107 Å². The van der Waals surface area contributed by atoms with E-state index in [9.17, 15) is 4.79 Å². The molecule has 0 aliphatic heterocycles. The van der Waals surface area contributed by atoms with Crippen LogP contribution in [0.5, 0.6) is 0 Å². The van der Waals surface area contributed by atoms with E-state index in [1.807, 2.05) is 0 Å². The molecule has 0 amide bonds. The summed E-state index contributed by atoms with van der Waals surface area (Å²) in [7, 11) is 3.41. The molecule has 0 aliphatic rings. The van der Waals surface area contributed by atoms with Gasteiger partial charge in [-0.15, -0.1) is 0 Å². The number of aromatic nitrogens is 2. The van der Waals surface area contributed by atoms with Crippen molar-refractivity contribution in [1.82, 2.24) is 15.1 Å². The van der Waals surface area contributed by atoms with E-state index in [4.69, 9.17) is 9.84 Å². The average Bonchev–Trinajstić information content (AvgIpc) is 2.68. The Morgan fingerprint density at radius 1 is 1.67 bits per heavy atom. The van der Waals surface area contributed by atoms with Gasteiger partial charge in [-0.1, -0.05) is 13.3 Å². The van der Waals surface area contributed by atoms with Gasteiger partial charge in [0.1, 0.15) is 5.56 Å². The Hall–Kier alpha value is -1.40. The van der Waals surface area contributed by atoms with Crippen molar-refractivity contribution in [1.29, 1.82) is 0 Å². The van der Waals surface area contributed by atoms with Gasteiger partial charge in [0.25, 0.3) is 0 Å². The lowest BCUT2D eigenvalue weighted by atomic mass is 10.1. The third-order valence-corrected chi connectivity index (χ3v) is 2.86. The highest BCUT2D eigenvalue weighted by Gasteiger charge is 2.16. The van der Waals surface area contributed by atoms with E-state index in [-0.39, 0.29) is 11.6 Å². The molecule has 0 saturated carbocycles. The number of nitrogens with one attached hydrogen (secondary N) is 1. The summed E-state index contributed by atoms with van der Waals surface area (Å²) in [6, 6.07) is 0.233. The molecule has 1 rings (SSSR count). The topological polar surface area (TPSA) is 76.4 Å². The molecule has 0 bridgehead atoms. The van der Waals surface area contributed by atoms with Crippen LogP contribution in [0.3, 0.4) is 0 Å². The molecule has 6 nitrogen and oxygen atoms in total. The molecule has 0 saturated heterocycles. The number of hydrogen-bond donors (Lipinski definition) is 2. The highest BCUT2D eigenvalue weighted by molar-refractivity contribution is 5.88. The SMILES string of the molecule is CCCC(COC)NCc1c(C(=O)O)cnn1C. The van der Waals surface area contributed by atoms with Crippen LogP contribution in [-0.4, -0.2) is 40.6 Å². The zero-order valence-corrected chi connectivity index (χ0v) is 11.1. The Kier molecular flexibility index (Phi) is 5.80. The molecule has 1 aromatic heterocycles. The normalized spacial score (nSPS) is 12.6. The van der Waals surface area contributed by atoms with E-state index in [2.05, 4.69) is 17.3 Å². The van der Waals surface area contributed by atoms with Gasteiger partial charge in [-0.3, -0.25) is 4.68 Å². The van der Waals surface area contributed by atoms with Crippen molar-refractivity contribution in [2.24, 2.45) is 7.05 Å². The molecule has 0 aromatic carbocycles. The number of methoxy groups -OCH3 is 1. The fraction of sp³-hybridized carbons (Fsp3) is 0.667. The Balaban J connectivity index is 2.66. The maximum Gasteiger partial charge on any atom is 0.339 e. The van der Waals surface area contributed by atoms with Crippen LogP contribution in [0.1, 0.15) is 35.8 Å². The highest BCUT2D eigenvalue weighted by atomic mass is 16.5. The fourth-order valence-corrected chi connectivity index (χ4v) is 1.89. The number of ether oxygens (including phenoxy) is 1. The summed E-state index contributed by atoms with van der Waals surface area (Å²) in [4.78, 5) is 11.0. The molecule has 18 heavy (non-hydrogen) atoms. The molecule has 1 unspecified atom stereocenters. The van der Waals surface area contributed by atoms with Crippen LogP contribution in [-0.2, 0) is 18.3 Å². The molecule has 6 heteroatoms. The Morgan fingerprint density at radius 3 is 2.94 bits per heavy atom. The zero-order valence-electron chi connectivity index (χ0n) is 11.1. The smallest absolute Gasteiger partial charge is 0.339 e. The average molecular weight is 255 g/mol. The van der Waals surface area contributed by atoms with Crippen molar-refractivity contribution in [3.05, 3.63) is 17.5 Å². The number of carboxylic acid groups (broad SMARTS) is 1. The lowest BCUT2D eigenvalue weighted by molar-refractivity contribution is 0.0695. The summed E-state index contributed by atoms with van der Waals surface area (Å²) in [5.41, 5.74) is 0.928. The van der Waals surface area contributed by atoms with Gasteiger partial charge < -0.3 is 15.2 Å². The molecular formula is C12H21N3O3. The van der Waals surface area contributed by atoms with Crippen molar-refractivity contribution in [3.63, 3.8) is 0 Å². The number of aryl methyl sites for hydroxylation is 1. The van der Waals surface area contributed by atoms with Crippen LogP contribution in [0.25, 0.3) is 0 Å². The van der Waals surface area contributed by atoms with Crippen molar-refractivity contribution >= 4 is 5.97 Å². The van der Waals surface area contributed by atoms with E-state index in [1.165, 1.54) is 6.20 Å². The van der Waals surface area contributed by atoms with Crippen LogP contribution in [0.4, 0.5) is 0 Å². The first-order valence-corrected chi connectivity index (χ1v) is 6.06. The largest absolute Gasteiger partial charge is 0.478 e. The summed E-state index contributed by atoms with van der Waals surface area (Å²) in [5.74, 6) is -0.946. The summed E-state index contributed by atoms with van der Waals surface area (Å²) in [5, 5.41) is 16.3. The molecule has 2 N–H and O–H groups in total. The fourth-order valence-electron chi connectivity index (χ4n) is 1.89. The predicted octanol–water partition coefficient (Wildman–Crippen LogP) is 1.02. The number of nitrogens with zero attached hydrogens (tertiary/aromatic N) is 2. The molecule has 1 heterocycles. The second-order valence-electron chi connectivity index (χ2n) is 4.26. The van der Waals surface area contributed by atoms with Crippen LogP contribution >= 0.6 is 0 Å². The molecule has 1 atom stereocenters. The van der Waals surface area contributed by atoms with Gasteiger partial charge in [0.2, 0.25) is 0 Å². The number of carboxylic acids is 1. The first-order chi connectivity index (χ1) is 8.60. The van der Waals surface area contributed by atoms with E-state index in [0.29, 0.717) is 18.8 Å². The van der Waals surface area contributed by atoms with Crippen molar-refractivity contribution in [2.45, 2.75) is 32.4 Å². The van der Waals surface area contributed by atoms with Gasteiger partial charge >= 0.3 is 5.97 Å². The summed E-state index contributed by atoms with van der Waals surface area (Å²) >= 11 is 0. The molecule has 0 fully saturated rings. The van der Waals surface area contributed by atoms with E-state index in [0.717, 1.165) is 12.8 Å². The minimum absolute atomic E-state index is 0.233. The highest BCUT2D eigenvalue weighted by Crippen LogP contribution is 2.08. The summed E-state index contributed by atoms with van der Waals surface area (Å²) < 4.78 is 6.72. The minimum atomic E-state index is -0.946. The van der Waals surface area contributed by atoms with Crippen LogP contribution in [0.2, 0.25) is 0 Å². The summed E-state index contributed by atoms with van der Waals surface area (Å²) in [6.45, 7) is 3.21. The lowest BCUT2D eigenvalue weighted by Gasteiger charge is -2.17. The maximum absolute atomic E-state index is 11.0. The predicted molar refractivity (Wildman–Crippen MR) is 67.6 cm³/mol. The van der Waals surface area contributed by atoms with Gasteiger partial charge in [0, 0.05) is 26.7 Å². The van der Waals surface area contributed by atoms with Gasteiger partial charge in [-0.05, 0) is 6.42 Å². The number of aromatic carboxylic acids is 1. The molecule has 0 spiro atoms. The van der Waals surface area contributed by atoms with Crippen molar-refractivity contribution < 1.29 is 14.6 Å². The first kappa shape index (κ1) is 14.7. The monoisotopic (exact) mass is 255 g/mol. The maximum atomic E-state index is 11.0. The second-order valence-corrected chi connectivity index (χ2v) is 4.26. The van der Waals surface area contributed by atoms with Crippen molar-refractivity contribution in [2.75, 3.05) is 13.7 Å². The van der Waals surface area contributed by atoms with Crippen molar-refractivity contribution in [3.8, 4) is 0 Å². The quantitative estimate of drug-likeness (QED) is 0.725. The Bertz CT molecular complexity index is 384. The standard InChI is InChI=1S/C12H21N3O3/c1-4-5-9(8-18-3)13-7-11-10(12(16)17)6-14-15(11)2/h6,9,13H,4-5,7-8H2,1-3H3,(H,16,17). The zero-order chi connectivity index (χ0) is 13.5. The van der Waals surface area contributed by atoms with Crippen LogP contribution in [0, 0.1) is 0 Å².